The molecule has 1 atom stereocenters. The van der Waals surface area contributed by atoms with Crippen molar-refractivity contribution in [3.63, 3.8) is 0 Å². The summed E-state index contributed by atoms with van der Waals surface area (Å²) in [6.45, 7) is 4.78. The number of nitrogens with zero attached hydrogens (tertiary/aromatic N) is 1. The fourth-order valence-electron chi connectivity index (χ4n) is 3.80. The van der Waals surface area contributed by atoms with Gasteiger partial charge in [0, 0.05) is 19.5 Å². The molecular weight excluding hydrogens is 400 g/mol. The van der Waals surface area contributed by atoms with Gasteiger partial charge in [-0.3, -0.25) is 9.59 Å². The van der Waals surface area contributed by atoms with E-state index in [0.717, 1.165) is 23.3 Å². The van der Waals surface area contributed by atoms with E-state index in [0.29, 0.717) is 25.9 Å². The highest BCUT2D eigenvalue weighted by molar-refractivity contribution is 5.88. The molecule has 0 aliphatic carbocycles. The second kappa shape index (κ2) is 11.3. The zero-order valence-corrected chi connectivity index (χ0v) is 19.1. The van der Waals surface area contributed by atoms with Crippen LogP contribution in [0.25, 0.3) is 10.8 Å². The monoisotopic (exact) mass is 432 g/mol. The van der Waals surface area contributed by atoms with Gasteiger partial charge in [-0.25, -0.2) is 0 Å². The van der Waals surface area contributed by atoms with Crippen LogP contribution in [0.15, 0.2) is 66.7 Å². The molecule has 5 nitrogen and oxygen atoms in total. The third kappa shape index (κ3) is 5.88. The molecular formula is C27H32N2O3. The van der Waals surface area contributed by atoms with Gasteiger partial charge in [-0.1, -0.05) is 61.5 Å². The van der Waals surface area contributed by atoms with E-state index in [1.54, 1.807) is 18.9 Å². The molecule has 0 saturated carbocycles. The minimum absolute atomic E-state index is 0.0344. The van der Waals surface area contributed by atoms with Crippen molar-refractivity contribution in [3.8, 4) is 5.75 Å². The zero-order chi connectivity index (χ0) is 22.9. The lowest BCUT2D eigenvalue weighted by atomic mass is 10.0. The summed E-state index contributed by atoms with van der Waals surface area (Å²) in [6, 6.07) is 21.4. The highest BCUT2D eigenvalue weighted by atomic mass is 16.5. The first-order valence-electron chi connectivity index (χ1n) is 11.2. The van der Waals surface area contributed by atoms with Crippen molar-refractivity contribution < 1.29 is 14.3 Å². The highest BCUT2D eigenvalue weighted by Crippen LogP contribution is 2.21. The number of carbonyl (C=O) groups is 2. The number of methoxy groups -OCH3 is 1. The molecule has 5 heteroatoms. The molecule has 0 saturated heterocycles. The Labute approximate surface area is 190 Å². The Balaban J connectivity index is 1.77. The van der Waals surface area contributed by atoms with Crippen LogP contribution in [-0.2, 0) is 22.6 Å². The summed E-state index contributed by atoms with van der Waals surface area (Å²) in [5, 5.41) is 5.25. The Morgan fingerprint density at radius 3 is 2.44 bits per heavy atom. The molecule has 0 spiro atoms. The van der Waals surface area contributed by atoms with Crippen molar-refractivity contribution >= 4 is 22.6 Å². The molecule has 3 aromatic carbocycles. The first kappa shape index (κ1) is 23.3. The zero-order valence-electron chi connectivity index (χ0n) is 19.1. The van der Waals surface area contributed by atoms with Crippen LogP contribution in [0.1, 0.15) is 37.8 Å². The molecule has 0 heterocycles. The molecule has 3 rings (SSSR count). The third-order valence-corrected chi connectivity index (χ3v) is 5.72. The van der Waals surface area contributed by atoms with E-state index < -0.39 is 6.04 Å². The number of hydrogen-bond donors (Lipinski definition) is 1. The number of benzene rings is 3. The molecule has 1 N–H and O–H groups in total. The number of nitrogens with one attached hydrogen (secondary N) is 1. The summed E-state index contributed by atoms with van der Waals surface area (Å²) in [5.41, 5.74) is 2.10. The van der Waals surface area contributed by atoms with E-state index >= 15 is 0 Å². The van der Waals surface area contributed by atoms with E-state index in [1.165, 1.54) is 10.8 Å². The summed E-state index contributed by atoms with van der Waals surface area (Å²) in [6.07, 6.45) is 1.82. The Morgan fingerprint density at radius 1 is 1.00 bits per heavy atom. The summed E-state index contributed by atoms with van der Waals surface area (Å²) >= 11 is 0. The normalized spacial score (nSPS) is 11.7. The molecule has 1 unspecified atom stereocenters. The van der Waals surface area contributed by atoms with Gasteiger partial charge in [0.15, 0.2) is 0 Å². The standard InChI is InChI=1S/C27H32N2O3/c1-4-18-28-27(31)20(2)29(19-21-12-15-24(32-3)16-13-21)26(30)17-14-23-10-7-9-22-8-5-6-11-25(22)23/h5-13,15-16,20H,4,14,17-19H2,1-3H3,(H,28,31). The van der Waals surface area contributed by atoms with Crippen LogP contribution in [-0.4, -0.2) is 36.4 Å². The highest BCUT2D eigenvalue weighted by Gasteiger charge is 2.25. The molecule has 3 aromatic rings. The van der Waals surface area contributed by atoms with Crippen molar-refractivity contribution in [1.29, 1.82) is 0 Å². The summed E-state index contributed by atoms with van der Waals surface area (Å²) in [5.74, 6) is 0.600. The summed E-state index contributed by atoms with van der Waals surface area (Å²) in [4.78, 5) is 27.7. The minimum Gasteiger partial charge on any atom is -0.497 e. The molecule has 0 fully saturated rings. The lowest BCUT2D eigenvalue weighted by Gasteiger charge is -2.29. The molecule has 2 amide bonds. The number of ether oxygens (including phenoxy) is 1. The predicted octanol–water partition coefficient (Wildman–Crippen LogP) is 4.72. The van der Waals surface area contributed by atoms with Gasteiger partial charge in [0.05, 0.1) is 7.11 Å². The minimum atomic E-state index is -0.552. The molecule has 0 aliphatic rings. The lowest BCUT2D eigenvalue weighted by Crippen LogP contribution is -2.47. The van der Waals surface area contributed by atoms with Crippen molar-refractivity contribution in [3.05, 3.63) is 77.9 Å². The maximum absolute atomic E-state index is 13.3. The first-order chi connectivity index (χ1) is 15.5. The van der Waals surface area contributed by atoms with Gasteiger partial charge in [-0.2, -0.15) is 0 Å². The molecule has 32 heavy (non-hydrogen) atoms. The second-order valence-electron chi connectivity index (χ2n) is 7.97. The van der Waals surface area contributed by atoms with E-state index in [1.807, 2.05) is 49.4 Å². The Morgan fingerprint density at radius 2 is 1.72 bits per heavy atom. The lowest BCUT2D eigenvalue weighted by molar-refractivity contribution is -0.140. The second-order valence-corrected chi connectivity index (χ2v) is 7.97. The van der Waals surface area contributed by atoms with E-state index in [9.17, 15) is 9.59 Å². The Bertz CT molecular complexity index is 1040. The van der Waals surface area contributed by atoms with Crippen molar-refractivity contribution in [2.75, 3.05) is 13.7 Å². The summed E-state index contributed by atoms with van der Waals surface area (Å²) in [7, 11) is 1.62. The van der Waals surface area contributed by atoms with Gasteiger partial charge in [0.25, 0.3) is 0 Å². The van der Waals surface area contributed by atoms with Gasteiger partial charge in [-0.05, 0) is 53.8 Å². The third-order valence-electron chi connectivity index (χ3n) is 5.72. The van der Waals surface area contributed by atoms with Crippen molar-refractivity contribution in [2.45, 2.75) is 45.7 Å². The number of carbonyl (C=O) groups excluding carboxylic acids is 2. The number of aryl methyl sites for hydroxylation is 1. The maximum Gasteiger partial charge on any atom is 0.242 e. The predicted molar refractivity (Wildman–Crippen MR) is 129 cm³/mol. The molecule has 168 valence electrons. The van der Waals surface area contributed by atoms with Gasteiger partial charge >= 0.3 is 0 Å². The van der Waals surface area contributed by atoms with Crippen LogP contribution in [0.4, 0.5) is 0 Å². The maximum atomic E-state index is 13.3. The van der Waals surface area contributed by atoms with Crippen molar-refractivity contribution in [2.24, 2.45) is 0 Å². The smallest absolute Gasteiger partial charge is 0.242 e. The quantitative estimate of drug-likeness (QED) is 0.504. The van der Waals surface area contributed by atoms with Crippen LogP contribution in [0.2, 0.25) is 0 Å². The fraction of sp³-hybridized carbons (Fsp3) is 0.333. The van der Waals surface area contributed by atoms with Crippen LogP contribution in [0.5, 0.6) is 5.75 Å². The largest absolute Gasteiger partial charge is 0.497 e. The number of fused-ring (bicyclic) bond motifs is 1. The average Bonchev–Trinajstić information content (AvgIpc) is 2.84. The van der Waals surface area contributed by atoms with Gasteiger partial charge in [-0.15, -0.1) is 0 Å². The summed E-state index contributed by atoms with van der Waals surface area (Å²) < 4.78 is 5.23. The molecule has 0 aromatic heterocycles. The van der Waals surface area contributed by atoms with E-state index in [2.05, 4.69) is 29.6 Å². The van der Waals surface area contributed by atoms with Crippen LogP contribution < -0.4 is 10.1 Å². The van der Waals surface area contributed by atoms with Gasteiger partial charge < -0.3 is 15.0 Å². The molecule has 0 radical (unpaired) electrons. The molecule has 0 bridgehead atoms. The topological polar surface area (TPSA) is 58.6 Å². The average molecular weight is 433 g/mol. The fourth-order valence-corrected chi connectivity index (χ4v) is 3.80. The number of amides is 2. The first-order valence-corrected chi connectivity index (χ1v) is 11.2. The molecule has 0 aliphatic heterocycles. The number of rotatable bonds is 10. The number of hydrogen-bond acceptors (Lipinski definition) is 3. The Hall–Kier alpha value is -3.34. The van der Waals surface area contributed by atoms with Crippen molar-refractivity contribution in [1.82, 2.24) is 10.2 Å². The van der Waals surface area contributed by atoms with Crippen LogP contribution in [0, 0.1) is 0 Å². The van der Waals surface area contributed by atoms with Crippen LogP contribution >= 0.6 is 0 Å². The van der Waals surface area contributed by atoms with Gasteiger partial charge in [0.2, 0.25) is 11.8 Å². The van der Waals surface area contributed by atoms with E-state index in [4.69, 9.17) is 4.74 Å². The van der Waals surface area contributed by atoms with Gasteiger partial charge in [0.1, 0.15) is 11.8 Å². The van der Waals surface area contributed by atoms with E-state index in [-0.39, 0.29) is 11.8 Å². The SMILES string of the molecule is CCCNC(=O)C(C)N(Cc1ccc(OC)cc1)C(=O)CCc1cccc2ccccc12. The Kier molecular flexibility index (Phi) is 8.26. The van der Waals surface area contributed by atoms with Crippen LogP contribution in [0.3, 0.4) is 0 Å².